The van der Waals surface area contributed by atoms with E-state index in [1.54, 1.807) is 23.5 Å². The number of carbonyl (C=O) groups is 1. The molecule has 0 N–H and O–H groups in total. The average Bonchev–Trinajstić information content (AvgIpc) is 2.97. The van der Waals surface area contributed by atoms with Crippen LogP contribution in [-0.2, 0) is 6.42 Å². The Balaban J connectivity index is 1.88. The zero-order valence-corrected chi connectivity index (χ0v) is 12.7. The number of nitrogens with zero attached hydrogens (tertiary/aromatic N) is 1. The van der Waals surface area contributed by atoms with Crippen LogP contribution < -0.4 is 0 Å². The van der Waals surface area contributed by atoms with Gasteiger partial charge in [0.2, 0.25) is 0 Å². The van der Waals surface area contributed by atoms with Gasteiger partial charge in [0.05, 0.1) is 10.7 Å². The largest absolute Gasteiger partial charge is 0.298 e. The SMILES string of the molecule is O=Cc1ccc(Cl)cc1Cc1nc(-c2ccccc2)cs1. The highest BCUT2D eigenvalue weighted by molar-refractivity contribution is 7.10. The molecule has 4 heteroatoms. The fourth-order valence-corrected chi connectivity index (χ4v) is 3.16. The molecule has 0 amide bonds. The molecular weight excluding hydrogens is 302 g/mol. The van der Waals surface area contributed by atoms with Crippen LogP contribution in [0.4, 0.5) is 0 Å². The van der Waals surface area contributed by atoms with Crippen LogP contribution in [0.25, 0.3) is 11.3 Å². The maximum Gasteiger partial charge on any atom is 0.150 e. The Kier molecular flexibility index (Phi) is 4.13. The van der Waals surface area contributed by atoms with E-state index >= 15 is 0 Å². The number of halogens is 1. The number of rotatable bonds is 4. The first-order valence-electron chi connectivity index (χ1n) is 6.49. The van der Waals surface area contributed by atoms with Gasteiger partial charge in [-0.15, -0.1) is 11.3 Å². The van der Waals surface area contributed by atoms with E-state index in [0.717, 1.165) is 28.1 Å². The Bertz CT molecular complexity index is 767. The van der Waals surface area contributed by atoms with Crippen LogP contribution in [0.15, 0.2) is 53.9 Å². The summed E-state index contributed by atoms with van der Waals surface area (Å²) in [6.45, 7) is 0. The number of aldehydes is 1. The predicted molar refractivity (Wildman–Crippen MR) is 87.2 cm³/mol. The molecule has 104 valence electrons. The lowest BCUT2D eigenvalue weighted by molar-refractivity contribution is 0.112. The maximum atomic E-state index is 11.1. The molecule has 2 nitrogen and oxygen atoms in total. The molecule has 0 radical (unpaired) electrons. The number of hydrogen-bond donors (Lipinski definition) is 0. The van der Waals surface area contributed by atoms with E-state index < -0.39 is 0 Å². The molecule has 0 fully saturated rings. The van der Waals surface area contributed by atoms with Crippen LogP contribution >= 0.6 is 22.9 Å². The summed E-state index contributed by atoms with van der Waals surface area (Å²) in [4.78, 5) is 15.7. The first kappa shape index (κ1) is 14.0. The van der Waals surface area contributed by atoms with E-state index in [1.807, 2.05) is 41.8 Å². The zero-order chi connectivity index (χ0) is 14.7. The standard InChI is InChI=1S/C17H12ClNOS/c18-15-7-6-13(10-20)14(8-15)9-17-19-16(11-21-17)12-4-2-1-3-5-12/h1-8,10-11H,9H2. The molecule has 3 rings (SSSR count). The number of hydrogen-bond acceptors (Lipinski definition) is 3. The maximum absolute atomic E-state index is 11.1. The van der Waals surface area contributed by atoms with Crippen molar-refractivity contribution in [3.05, 3.63) is 75.1 Å². The third-order valence-electron chi connectivity index (χ3n) is 3.19. The second-order valence-electron chi connectivity index (χ2n) is 4.63. The second kappa shape index (κ2) is 6.20. The van der Waals surface area contributed by atoms with Crippen LogP contribution in [0.5, 0.6) is 0 Å². The van der Waals surface area contributed by atoms with Gasteiger partial charge in [0.15, 0.2) is 0 Å². The van der Waals surface area contributed by atoms with Crippen LogP contribution in [0.3, 0.4) is 0 Å². The minimum absolute atomic E-state index is 0.617. The quantitative estimate of drug-likeness (QED) is 0.643. The van der Waals surface area contributed by atoms with Crippen molar-refractivity contribution >= 4 is 29.2 Å². The van der Waals surface area contributed by atoms with E-state index in [2.05, 4.69) is 4.98 Å². The molecule has 0 bridgehead atoms. The molecule has 0 saturated heterocycles. The van der Waals surface area contributed by atoms with E-state index in [-0.39, 0.29) is 0 Å². The van der Waals surface area contributed by atoms with E-state index in [1.165, 1.54) is 0 Å². The summed E-state index contributed by atoms with van der Waals surface area (Å²) < 4.78 is 0. The van der Waals surface area contributed by atoms with Crippen molar-refractivity contribution < 1.29 is 4.79 Å². The molecule has 0 atom stereocenters. The number of carbonyl (C=O) groups excluding carboxylic acids is 1. The first-order chi connectivity index (χ1) is 10.3. The molecule has 1 aromatic heterocycles. The van der Waals surface area contributed by atoms with Crippen LogP contribution in [0, 0.1) is 0 Å². The molecule has 0 spiro atoms. The molecule has 3 aromatic rings. The third kappa shape index (κ3) is 3.20. The average molecular weight is 314 g/mol. The van der Waals surface area contributed by atoms with Gasteiger partial charge in [-0.2, -0.15) is 0 Å². The van der Waals surface area contributed by atoms with E-state index in [9.17, 15) is 4.79 Å². The van der Waals surface area contributed by atoms with Gasteiger partial charge in [0.25, 0.3) is 0 Å². The summed E-state index contributed by atoms with van der Waals surface area (Å²) >= 11 is 7.60. The first-order valence-corrected chi connectivity index (χ1v) is 7.75. The van der Waals surface area contributed by atoms with Gasteiger partial charge in [-0.25, -0.2) is 4.98 Å². The molecular formula is C17H12ClNOS. The zero-order valence-electron chi connectivity index (χ0n) is 11.1. The Hall–Kier alpha value is -1.97. The molecule has 0 aliphatic rings. The van der Waals surface area contributed by atoms with Crippen molar-refractivity contribution in [3.8, 4) is 11.3 Å². The van der Waals surface area contributed by atoms with Crippen molar-refractivity contribution in [2.45, 2.75) is 6.42 Å². The molecule has 21 heavy (non-hydrogen) atoms. The van der Waals surface area contributed by atoms with Gasteiger partial charge in [0.1, 0.15) is 6.29 Å². The summed E-state index contributed by atoms with van der Waals surface area (Å²) in [5, 5.41) is 3.64. The monoisotopic (exact) mass is 313 g/mol. The third-order valence-corrected chi connectivity index (χ3v) is 4.28. The number of thiazole rings is 1. The summed E-state index contributed by atoms with van der Waals surface area (Å²) in [7, 11) is 0. The lowest BCUT2D eigenvalue weighted by Gasteiger charge is -2.03. The summed E-state index contributed by atoms with van der Waals surface area (Å²) in [5.41, 5.74) is 3.63. The lowest BCUT2D eigenvalue weighted by Crippen LogP contribution is -1.94. The van der Waals surface area contributed by atoms with Gasteiger partial charge in [-0.3, -0.25) is 4.79 Å². The molecule has 1 heterocycles. The Labute approximate surface area is 132 Å². The Morgan fingerprint density at radius 2 is 1.95 bits per heavy atom. The molecule has 0 unspecified atom stereocenters. The highest BCUT2D eigenvalue weighted by atomic mass is 35.5. The summed E-state index contributed by atoms with van der Waals surface area (Å²) in [5.74, 6) is 0. The highest BCUT2D eigenvalue weighted by Crippen LogP contribution is 2.25. The molecule has 0 aliphatic carbocycles. The minimum atomic E-state index is 0.617. The molecule has 2 aromatic carbocycles. The Morgan fingerprint density at radius 3 is 2.71 bits per heavy atom. The predicted octanol–water partition coefficient (Wildman–Crippen LogP) is 4.87. The normalized spacial score (nSPS) is 10.5. The Morgan fingerprint density at radius 1 is 1.14 bits per heavy atom. The molecule has 0 aliphatic heterocycles. The van der Waals surface area contributed by atoms with Crippen LogP contribution in [0.1, 0.15) is 20.9 Å². The van der Waals surface area contributed by atoms with Gasteiger partial charge >= 0.3 is 0 Å². The number of aromatic nitrogens is 1. The van der Waals surface area contributed by atoms with Gasteiger partial charge in [0, 0.05) is 28.0 Å². The van der Waals surface area contributed by atoms with E-state index in [0.29, 0.717) is 17.0 Å². The van der Waals surface area contributed by atoms with Crippen molar-refractivity contribution in [1.82, 2.24) is 4.98 Å². The number of benzene rings is 2. The minimum Gasteiger partial charge on any atom is -0.298 e. The smallest absolute Gasteiger partial charge is 0.150 e. The van der Waals surface area contributed by atoms with Crippen LogP contribution in [0.2, 0.25) is 5.02 Å². The topological polar surface area (TPSA) is 30.0 Å². The van der Waals surface area contributed by atoms with Crippen molar-refractivity contribution in [2.24, 2.45) is 0 Å². The fraction of sp³-hybridized carbons (Fsp3) is 0.0588. The van der Waals surface area contributed by atoms with Crippen LogP contribution in [-0.4, -0.2) is 11.3 Å². The van der Waals surface area contributed by atoms with Crippen molar-refractivity contribution in [3.63, 3.8) is 0 Å². The summed E-state index contributed by atoms with van der Waals surface area (Å²) in [6.07, 6.45) is 1.48. The van der Waals surface area contributed by atoms with Crippen molar-refractivity contribution in [1.29, 1.82) is 0 Å². The van der Waals surface area contributed by atoms with Gasteiger partial charge in [-0.05, 0) is 23.8 Å². The summed E-state index contributed by atoms with van der Waals surface area (Å²) in [6, 6.07) is 15.4. The van der Waals surface area contributed by atoms with Crippen molar-refractivity contribution in [2.75, 3.05) is 0 Å². The lowest BCUT2D eigenvalue weighted by atomic mass is 10.1. The fourth-order valence-electron chi connectivity index (χ4n) is 2.14. The second-order valence-corrected chi connectivity index (χ2v) is 6.01. The van der Waals surface area contributed by atoms with Gasteiger partial charge < -0.3 is 0 Å². The van der Waals surface area contributed by atoms with Gasteiger partial charge in [-0.1, -0.05) is 41.9 Å². The highest BCUT2D eigenvalue weighted by Gasteiger charge is 2.08. The van der Waals surface area contributed by atoms with E-state index in [4.69, 9.17) is 11.6 Å². The molecule has 0 saturated carbocycles.